The van der Waals surface area contributed by atoms with Crippen molar-refractivity contribution in [1.82, 2.24) is 4.90 Å². The fourth-order valence-corrected chi connectivity index (χ4v) is 3.75. The molecule has 1 fully saturated rings. The molecule has 1 aliphatic heterocycles. The first kappa shape index (κ1) is 14.6. The molecule has 1 atom stereocenters. The van der Waals surface area contributed by atoms with Gasteiger partial charge in [-0.25, -0.2) is 0 Å². The van der Waals surface area contributed by atoms with Crippen LogP contribution in [0.4, 0.5) is 0 Å². The van der Waals surface area contributed by atoms with E-state index in [4.69, 9.17) is 0 Å². The zero-order valence-corrected chi connectivity index (χ0v) is 13.2. The Labute approximate surface area is 129 Å². The number of nitrogens with zero attached hydrogens (tertiary/aromatic N) is 1. The van der Waals surface area contributed by atoms with Gasteiger partial charge in [-0.15, -0.1) is 0 Å². The molecule has 1 heterocycles. The summed E-state index contributed by atoms with van der Waals surface area (Å²) in [7, 11) is 0. The van der Waals surface area contributed by atoms with E-state index in [1.165, 1.54) is 68.0 Å². The summed E-state index contributed by atoms with van der Waals surface area (Å²) in [4.78, 5) is 2.74. The lowest BCUT2D eigenvalue weighted by atomic mass is 9.94. The third kappa shape index (κ3) is 3.47. The summed E-state index contributed by atoms with van der Waals surface area (Å²) in [6, 6.07) is 16.3. The third-order valence-corrected chi connectivity index (χ3v) is 4.86. The molecule has 112 valence electrons. The summed E-state index contributed by atoms with van der Waals surface area (Å²) in [6.45, 7) is 4.92. The number of piperidine rings is 1. The highest BCUT2D eigenvalue weighted by Gasteiger charge is 2.20. The zero-order chi connectivity index (χ0) is 14.5. The first-order valence-electron chi connectivity index (χ1n) is 8.59. The maximum absolute atomic E-state index is 2.74. The standard InChI is InChI=1S/C20H27N/c1-2-9-19(21-14-6-3-7-15-21)16-18-12-8-11-17-10-4-5-13-20(17)18/h4-5,8,10-13,19H,2-3,6-7,9,14-16H2,1H3. The van der Waals surface area contributed by atoms with E-state index in [1.54, 1.807) is 0 Å². The van der Waals surface area contributed by atoms with Crippen LogP contribution in [-0.4, -0.2) is 24.0 Å². The molecule has 1 aliphatic rings. The normalized spacial score (nSPS) is 18.0. The molecular formula is C20H27N. The Balaban J connectivity index is 1.83. The van der Waals surface area contributed by atoms with Crippen LogP contribution in [-0.2, 0) is 6.42 Å². The van der Waals surface area contributed by atoms with Gasteiger partial charge in [-0.3, -0.25) is 0 Å². The Morgan fingerprint density at radius 3 is 2.52 bits per heavy atom. The van der Waals surface area contributed by atoms with E-state index in [-0.39, 0.29) is 0 Å². The predicted molar refractivity (Wildman–Crippen MR) is 91.8 cm³/mol. The number of benzene rings is 2. The second kappa shape index (κ2) is 7.09. The van der Waals surface area contributed by atoms with Gasteiger partial charge in [0.25, 0.3) is 0 Å². The summed E-state index contributed by atoms with van der Waals surface area (Å²) in [5.74, 6) is 0. The number of hydrogen-bond donors (Lipinski definition) is 0. The van der Waals surface area contributed by atoms with Crippen molar-refractivity contribution in [2.45, 2.75) is 51.5 Å². The lowest BCUT2D eigenvalue weighted by Gasteiger charge is -2.35. The van der Waals surface area contributed by atoms with E-state index in [1.807, 2.05) is 0 Å². The van der Waals surface area contributed by atoms with Gasteiger partial charge < -0.3 is 4.90 Å². The summed E-state index contributed by atoms with van der Waals surface area (Å²) >= 11 is 0. The maximum atomic E-state index is 2.74. The first-order valence-corrected chi connectivity index (χ1v) is 8.59. The Morgan fingerprint density at radius 1 is 0.952 bits per heavy atom. The van der Waals surface area contributed by atoms with Crippen LogP contribution in [0.15, 0.2) is 42.5 Å². The molecule has 0 aromatic heterocycles. The van der Waals surface area contributed by atoms with Gasteiger partial charge in [-0.05, 0) is 55.1 Å². The van der Waals surface area contributed by atoms with E-state index in [2.05, 4.69) is 54.3 Å². The molecule has 0 aliphatic carbocycles. The summed E-state index contributed by atoms with van der Waals surface area (Å²) < 4.78 is 0. The summed E-state index contributed by atoms with van der Waals surface area (Å²) in [5.41, 5.74) is 1.53. The van der Waals surface area contributed by atoms with Gasteiger partial charge in [0.1, 0.15) is 0 Å². The molecule has 0 N–H and O–H groups in total. The van der Waals surface area contributed by atoms with Crippen LogP contribution in [0.5, 0.6) is 0 Å². The van der Waals surface area contributed by atoms with E-state index >= 15 is 0 Å². The van der Waals surface area contributed by atoms with Crippen molar-refractivity contribution in [3.05, 3.63) is 48.0 Å². The van der Waals surface area contributed by atoms with Crippen LogP contribution in [0, 0.1) is 0 Å². The quantitative estimate of drug-likeness (QED) is 0.742. The van der Waals surface area contributed by atoms with E-state index in [0.29, 0.717) is 0 Å². The van der Waals surface area contributed by atoms with Crippen LogP contribution in [0.3, 0.4) is 0 Å². The molecule has 0 bridgehead atoms. The Morgan fingerprint density at radius 2 is 1.71 bits per heavy atom. The molecule has 3 rings (SSSR count). The molecule has 1 saturated heterocycles. The lowest BCUT2D eigenvalue weighted by Crippen LogP contribution is -2.40. The maximum Gasteiger partial charge on any atom is 0.0136 e. The number of likely N-dealkylation sites (tertiary alicyclic amines) is 1. The third-order valence-electron chi connectivity index (χ3n) is 4.86. The van der Waals surface area contributed by atoms with Crippen molar-refractivity contribution in [3.8, 4) is 0 Å². The molecule has 0 spiro atoms. The average Bonchev–Trinajstić information content (AvgIpc) is 2.55. The molecule has 21 heavy (non-hydrogen) atoms. The average molecular weight is 281 g/mol. The minimum absolute atomic E-state index is 0.723. The number of fused-ring (bicyclic) bond motifs is 1. The second-order valence-corrected chi connectivity index (χ2v) is 6.38. The van der Waals surface area contributed by atoms with E-state index < -0.39 is 0 Å². The largest absolute Gasteiger partial charge is 0.300 e. The SMILES string of the molecule is CCCC(Cc1cccc2ccccc12)N1CCCCC1. The van der Waals surface area contributed by atoms with Crippen LogP contribution < -0.4 is 0 Å². The molecule has 1 unspecified atom stereocenters. The highest BCUT2D eigenvalue weighted by molar-refractivity contribution is 5.85. The number of rotatable bonds is 5. The van der Waals surface area contributed by atoms with Gasteiger partial charge in [0, 0.05) is 6.04 Å². The molecule has 1 nitrogen and oxygen atoms in total. The molecule has 0 saturated carbocycles. The van der Waals surface area contributed by atoms with Crippen LogP contribution in [0.25, 0.3) is 10.8 Å². The van der Waals surface area contributed by atoms with Crippen molar-refractivity contribution in [2.75, 3.05) is 13.1 Å². The zero-order valence-electron chi connectivity index (χ0n) is 13.2. The molecule has 1 heteroatoms. The first-order chi connectivity index (χ1) is 10.4. The second-order valence-electron chi connectivity index (χ2n) is 6.38. The minimum atomic E-state index is 0.723. The molecule has 2 aromatic carbocycles. The minimum Gasteiger partial charge on any atom is -0.300 e. The highest BCUT2D eigenvalue weighted by atomic mass is 15.2. The smallest absolute Gasteiger partial charge is 0.0136 e. The van der Waals surface area contributed by atoms with Crippen LogP contribution in [0.2, 0.25) is 0 Å². The summed E-state index contributed by atoms with van der Waals surface area (Å²) in [5, 5.41) is 2.82. The van der Waals surface area contributed by atoms with E-state index in [9.17, 15) is 0 Å². The van der Waals surface area contributed by atoms with Crippen LogP contribution >= 0.6 is 0 Å². The fraction of sp³-hybridized carbons (Fsp3) is 0.500. The summed E-state index contributed by atoms with van der Waals surface area (Å²) in [6.07, 6.45) is 8.00. The monoisotopic (exact) mass is 281 g/mol. The topological polar surface area (TPSA) is 3.24 Å². The Bertz CT molecular complexity index is 564. The van der Waals surface area contributed by atoms with Gasteiger partial charge in [-0.2, -0.15) is 0 Å². The molecule has 0 radical (unpaired) electrons. The van der Waals surface area contributed by atoms with Gasteiger partial charge in [0.15, 0.2) is 0 Å². The molecule has 0 amide bonds. The Kier molecular flexibility index (Phi) is 4.92. The van der Waals surface area contributed by atoms with Gasteiger partial charge in [0.2, 0.25) is 0 Å². The van der Waals surface area contributed by atoms with Crippen molar-refractivity contribution in [2.24, 2.45) is 0 Å². The predicted octanol–water partition coefficient (Wildman–Crippen LogP) is 5.04. The van der Waals surface area contributed by atoms with Gasteiger partial charge >= 0.3 is 0 Å². The van der Waals surface area contributed by atoms with Gasteiger partial charge in [-0.1, -0.05) is 62.2 Å². The van der Waals surface area contributed by atoms with E-state index in [0.717, 1.165) is 6.04 Å². The van der Waals surface area contributed by atoms with Crippen molar-refractivity contribution >= 4 is 10.8 Å². The van der Waals surface area contributed by atoms with Crippen molar-refractivity contribution in [3.63, 3.8) is 0 Å². The molecule has 2 aromatic rings. The van der Waals surface area contributed by atoms with Crippen LogP contribution in [0.1, 0.15) is 44.6 Å². The Hall–Kier alpha value is -1.34. The molecular weight excluding hydrogens is 254 g/mol. The van der Waals surface area contributed by atoms with Gasteiger partial charge in [0.05, 0.1) is 0 Å². The van der Waals surface area contributed by atoms with Crippen molar-refractivity contribution < 1.29 is 0 Å². The van der Waals surface area contributed by atoms with Crippen molar-refractivity contribution in [1.29, 1.82) is 0 Å². The highest BCUT2D eigenvalue weighted by Crippen LogP contribution is 2.24. The lowest BCUT2D eigenvalue weighted by molar-refractivity contribution is 0.153. The fourth-order valence-electron chi connectivity index (χ4n) is 3.75. The number of hydrogen-bond acceptors (Lipinski definition) is 1.